The Balaban J connectivity index is 1.82. The quantitative estimate of drug-likeness (QED) is 0.425. The zero-order chi connectivity index (χ0) is 20.2. The molecule has 0 unspecified atom stereocenters. The molecule has 0 N–H and O–H groups in total. The van der Waals surface area contributed by atoms with Crippen LogP contribution in [0.2, 0.25) is 0 Å². The number of rotatable bonds is 6. The first-order chi connectivity index (χ1) is 14.2. The molecule has 0 spiro atoms. The molecule has 0 saturated carbocycles. The van der Waals surface area contributed by atoms with Crippen LogP contribution < -0.4 is 14.2 Å². The number of hydrogen-bond acceptors (Lipinski definition) is 5. The van der Waals surface area contributed by atoms with Crippen molar-refractivity contribution in [1.29, 1.82) is 0 Å². The zero-order valence-electron chi connectivity index (χ0n) is 16.5. The third kappa shape index (κ3) is 3.80. The molecule has 4 rings (SSSR count). The molecule has 146 valence electrons. The predicted octanol–water partition coefficient (Wildman–Crippen LogP) is 5.70. The fourth-order valence-electron chi connectivity index (χ4n) is 3.06. The predicted molar refractivity (Wildman–Crippen MR) is 112 cm³/mol. The van der Waals surface area contributed by atoms with Gasteiger partial charge in [0.2, 0.25) is 5.89 Å². The average molecular weight is 387 g/mol. The summed E-state index contributed by atoms with van der Waals surface area (Å²) in [6, 6.07) is 23.1. The molecule has 4 aromatic rings. The maximum Gasteiger partial charge on any atom is 0.227 e. The summed E-state index contributed by atoms with van der Waals surface area (Å²) in [5.74, 6) is 3.60. The van der Waals surface area contributed by atoms with Gasteiger partial charge in [-0.15, -0.1) is 0 Å². The third-order valence-corrected chi connectivity index (χ3v) is 4.68. The summed E-state index contributed by atoms with van der Waals surface area (Å²) in [7, 11) is 4.94. The Hall–Kier alpha value is -3.73. The molecule has 1 heterocycles. The SMILES string of the molecule is COc1ccc(-c2nc(-c3ccc(OC)cc3)c(-c3ccc(OC)cc3)o2)cc1. The van der Waals surface area contributed by atoms with Crippen LogP contribution >= 0.6 is 0 Å². The fourth-order valence-corrected chi connectivity index (χ4v) is 3.06. The number of ether oxygens (including phenoxy) is 3. The van der Waals surface area contributed by atoms with E-state index in [9.17, 15) is 0 Å². The van der Waals surface area contributed by atoms with Gasteiger partial charge < -0.3 is 18.6 Å². The van der Waals surface area contributed by atoms with Gasteiger partial charge in [-0.25, -0.2) is 4.98 Å². The second kappa shape index (κ2) is 8.10. The first kappa shape index (κ1) is 18.6. The van der Waals surface area contributed by atoms with Crippen molar-refractivity contribution in [3.63, 3.8) is 0 Å². The van der Waals surface area contributed by atoms with E-state index in [4.69, 9.17) is 23.6 Å². The summed E-state index contributed by atoms with van der Waals surface area (Å²) < 4.78 is 22.0. The Kier molecular flexibility index (Phi) is 5.20. The van der Waals surface area contributed by atoms with Gasteiger partial charge in [0.05, 0.1) is 21.3 Å². The molecule has 5 heteroatoms. The number of methoxy groups -OCH3 is 3. The first-order valence-corrected chi connectivity index (χ1v) is 9.16. The van der Waals surface area contributed by atoms with Crippen molar-refractivity contribution in [3.8, 4) is 51.3 Å². The Labute approximate surface area is 169 Å². The van der Waals surface area contributed by atoms with Gasteiger partial charge >= 0.3 is 0 Å². The minimum absolute atomic E-state index is 0.546. The molecule has 29 heavy (non-hydrogen) atoms. The summed E-state index contributed by atoms with van der Waals surface area (Å²) in [5, 5.41) is 0. The van der Waals surface area contributed by atoms with Gasteiger partial charge in [-0.1, -0.05) is 0 Å². The summed E-state index contributed by atoms with van der Waals surface area (Å²) in [6.45, 7) is 0. The average Bonchev–Trinajstić information content (AvgIpc) is 3.24. The van der Waals surface area contributed by atoms with Gasteiger partial charge in [0.15, 0.2) is 5.76 Å². The molecule has 0 fully saturated rings. The van der Waals surface area contributed by atoms with E-state index in [1.54, 1.807) is 21.3 Å². The maximum atomic E-state index is 6.22. The highest BCUT2D eigenvalue weighted by molar-refractivity contribution is 5.79. The second-order valence-electron chi connectivity index (χ2n) is 6.38. The van der Waals surface area contributed by atoms with Crippen LogP contribution in [-0.2, 0) is 0 Å². The summed E-state index contributed by atoms with van der Waals surface area (Å²) in [6.07, 6.45) is 0. The highest BCUT2D eigenvalue weighted by atomic mass is 16.5. The van der Waals surface area contributed by atoms with Crippen LogP contribution in [-0.4, -0.2) is 26.3 Å². The largest absolute Gasteiger partial charge is 0.497 e. The molecule has 0 atom stereocenters. The van der Waals surface area contributed by atoms with Crippen molar-refractivity contribution in [1.82, 2.24) is 4.98 Å². The van der Waals surface area contributed by atoms with Crippen LogP contribution in [0.25, 0.3) is 34.0 Å². The van der Waals surface area contributed by atoms with Gasteiger partial charge in [-0.05, 0) is 72.8 Å². The van der Waals surface area contributed by atoms with Crippen molar-refractivity contribution >= 4 is 0 Å². The van der Waals surface area contributed by atoms with Gasteiger partial charge in [0, 0.05) is 16.7 Å². The molecule has 0 bridgehead atoms. The number of hydrogen-bond donors (Lipinski definition) is 0. The Morgan fingerprint density at radius 3 is 1.41 bits per heavy atom. The molecule has 0 aliphatic carbocycles. The Bertz CT molecular complexity index is 1020. The normalized spacial score (nSPS) is 10.6. The molecule has 0 saturated heterocycles. The van der Waals surface area contributed by atoms with E-state index in [0.29, 0.717) is 11.7 Å². The van der Waals surface area contributed by atoms with Crippen molar-refractivity contribution in [2.45, 2.75) is 0 Å². The first-order valence-electron chi connectivity index (χ1n) is 9.16. The van der Waals surface area contributed by atoms with Gasteiger partial charge in [-0.2, -0.15) is 0 Å². The van der Waals surface area contributed by atoms with Crippen LogP contribution in [0, 0.1) is 0 Å². The number of aromatic nitrogens is 1. The number of nitrogens with zero attached hydrogens (tertiary/aromatic N) is 1. The van der Waals surface area contributed by atoms with E-state index >= 15 is 0 Å². The molecule has 0 amide bonds. The minimum atomic E-state index is 0.546. The highest BCUT2D eigenvalue weighted by Crippen LogP contribution is 2.37. The lowest BCUT2D eigenvalue weighted by molar-refractivity contribution is 0.414. The van der Waals surface area contributed by atoms with Crippen LogP contribution in [0.15, 0.2) is 77.2 Å². The topological polar surface area (TPSA) is 53.7 Å². The fraction of sp³-hybridized carbons (Fsp3) is 0.125. The number of benzene rings is 3. The number of oxazole rings is 1. The van der Waals surface area contributed by atoms with E-state index in [-0.39, 0.29) is 0 Å². The van der Waals surface area contributed by atoms with Crippen molar-refractivity contribution in [2.75, 3.05) is 21.3 Å². The molecule has 0 radical (unpaired) electrons. The summed E-state index contributed by atoms with van der Waals surface area (Å²) in [5.41, 5.74) is 3.51. The highest BCUT2D eigenvalue weighted by Gasteiger charge is 2.18. The summed E-state index contributed by atoms with van der Waals surface area (Å²) in [4.78, 5) is 4.80. The van der Waals surface area contributed by atoms with Crippen molar-refractivity contribution in [3.05, 3.63) is 72.8 Å². The van der Waals surface area contributed by atoms with Crippen LogP contribution in [0.3, 0.4) is 0 Å². The van der Waals surface area contributed by atoms with Crippen LogP contribution in [0.4, 0.5) is 0 Å². The van der Waals surface area contributed by atoms with E-state index in [1.165, 1.54) is 0 Å². The van der Waals surface area contributed by atoms with Crippen molar-refractivity contribution in [2.24, 2.45) is 0 Å². The summed E-state index contributed by atoms with van der Waals surface area (Å²) >= 11 is 0. The molecule has 0 aliphatic heterocycles. The Morgan fingerprint density at radius 1 is 0.552 bits per heavy atom. The molecular weight excluding hydrogens is 366 g/mol. The van der Waals surface area contributed by atoms with E-state index < -0.39 is 0 Å². The van der Waals surface area contributed by atoms with E-state index in [0.717, 1.165) is 39.6 Å². The van der Waals surface area contributed by atoms with E-state index in [1.807, 2.05) is 72.8 Å². The lowest BCUT2D eigenvalue weighted by Gasteiger charge is -2.04. The van der Waals surface area contributed by atoms with Gasteiger partial charge in [0.1, 0.15) is 22.9 Å². The monoisotopic (exact) mass is 387 g/mol. The zero-order valence-corrected chi connectivity index (χ0v) is 16.5. The standard InChI is InChI=1S/C24H21NO4/c1-26-19-10-4-16(5-11-19)22-23(17-6-12-20(27-2)13-7-17)29-24(25-22)18-8-14-21(28-3)15-9-18/h4-15H,1-3H3. The second-order valence-corrected chi connectivity index (χ2v) is 6.38. The van der Waals surface area contributed by atoms with Crippen LogP contribution in [0.1, 0.15) is 0 Å². The molecule has 5 nitrogen and oxygen atoms in total. The van der Waals surface area contributed by atoms with Crippen LogP contribution in [0.5, 0.6) is 17.2 Å². The van der Waals surface area contributed by atoms with E-state index in [2.05, 4.69) is 0 Å². The smallest absolute Gasteiger partial charge is 0.227 e. The Morgan fingerprint density at radius 2 is 0.966 bits per heavy atom. The molecule has 0 aliphatic rings. The molecule has 3 aromatic carbocycles. The maximum absolute atomic E-state index is 6.22. The minimum Gasteiger partial charge on any atom is -0.497 e. The third-order valence-electron chi connectivity index (χ3n) is 4.68. The van der Waals surface area contributed by atoms with Crippen molar-refractivity contribution < 1.29 is 18.6 Å². The molecule has 1 aromatic heterocycles. The lowest BCUT2D eigenvalue weighted by atomic mass is 10.1. The lowest BCUT2D eigenvalue weighted by Crippen LogP contribution is -1.86. The molecular formula is C24H21NO4. The van der Waals surface area contributed by atoms with Gasteiger partial charge in [0.25, 0.3) is 0 Å². The van der Waals surface area contributed by atoms with Gasteiger partial charge in [-0.3, -0.25) is 0 Å².